The third-order valence-corrected chi connectivity index (χ3v) is 5.77. The van der Waals surface area contributed by atoms with Gasteiger partial charge in [0, 0.05) is 19.7 Å². The number of carboxylic acid groups (broad SMARTS) is 1. The maximum Gasteiger partial charge on any atom is 0.324 e. The second-order valence-electron chi connectivity index (χ2n) is 8.42. The molecule has 1 saturated heterocycles. The highest BCUT2D eigenvalue weighted by atomic mass is 16.7. The van der Waals surface area contributed by atoms with Crippen molar-refractivity contribution in [2.24, 2.45) is 5.92 Å². The average molecular weight is 456 g/mol. The van der Waals surface area contributed by atoms with E-state index in [0.29, 0.717) is 19.7 Å². The predicted octanol–water partition coefficient (Wildman–Crippen LogP) is 3.78. The van der Waals surface area contributed by atoms with Gasteiger partial charge in [0.25, 0.3) is 0 Å². The molecule has 1 N–H and O–H groups in total. The molecular weight excluding hydrogens is 422 g/mol. The largest absolute Gasteiger partial charge is 0.481 e. The van der Waals surface area contributed by atoms with Crippen LogP contribution in [0, 0.1) is 12.8 Å². The number of hydrogen-bond acceptors (Lipinski definition) is 6. The van der Waals surface area contributed by atoms with Crippen LogP contribution in [0.1, 0.15) is 37.0 Å². The van der Waals surface area contributed by atoms with Crippen LogP contribution < -0.4 is 0 Å². The van der Waals surface area contributed by atoms with Crippen LogP contribution in [0.15, 0.2) is 54.6 Å². The third kappa shape index (κ3) is 7.12. The number of nitrogens with zero attached hydrogens (tertiary/aromatic N) is 1. The fourth-order valence-electron chi connectivity index (χ4n) is 4.33. The number of piperidine rings is 1. The van der Waals surface area contributed by atoms with E-state index in [4.69, 9.17) is 14.2 Å². The average Bonchev–Trinajstić information content (AvgIpc) is 2.78. The minimum atomic E-state index is -1.04. The Labute approximate surface area is 195 Å². The van der Waals surface area contributed by atoms with E-state index in [1.165, 1.54) is 0 Å². The highest BCUT2D eigenvalue weighted by Crippen LogP contribution is 2.30. The maximum atomic E-state index is 13.2. The molecule has 33 heavy (non-hydrogen) atoms. The van der Waals surface area contributed by atoms with Crippen molar-refractivity contribution in [3.05, 3.63) is 71.3 Å². The number of esters is 1. The second kappa shape index (κ2) is 11.9. The fourth-order valence-corrected chi connectivity index (χ4v) is 4.33. The number of carbonyl (C=O) groups excluding carboxylic acids is 1. The first-order valence-electron chi connectivity index (χ1n) is 11.4. The first-order chi connectivity index (χ1) is 15.9. The van der Waals surface area contributed by atoms with Crippen LogP contribution in [0.4, 0.5) is 0 Å². The van der Waals surface area contributed by atoms with E-state index in [-0.39, 0.29) is 19.1 Å². The summed E-state index contributed by atoms with van der Waals surface area (Å²) >= 11 is 0. The molecule has 1 heterocycles. The first kappa shape index (κ1) is 24.9. The molecule has 7 heteroatoms. The molecule has 0 saturated carbocycles. The summed E-state index contributed by atoms with van der Waals surface area (Å²) in [6, 6.07) is 16.4. The molecular formula is C26H33NO6. The molecule has 1 aliphatic heterocycles. The van der Waals surface area contributed by atoms with Crippen molar-refractivity contribution in [2.75, 3.05) is 13.2 Å². The van der Waals surface area contributed by atoms with E-state index >= 15 is 0 Å². The van der Waals surface area contributed by atoms with Gasteiger partial charge in [-0.05, 0) is 38.3 Å². The topological polar surface area (TPSA) is 85.3 Å². The SMILES string of the molecule is CCOC(C)O[C@H]1C[C@H](C(=O)O)[C@@H](C(=O)OCc2ccccc2)N(Cc2cccc(C)c2)C1. The van der Waals surface area contributed by atoms with E-state index < -0.39 is 30.2 Å². The van der Waals surface area contributed by atoms with Crippen molar-refractivity contribution in [1.29, 1.82) is 0 Å². The summed E-state index contributed by atoms with van der Waals surface area (Å²) in [5.74, 6) is -2.52. The lowest BCUT2D eigenvalue weighted by molar-refractivity contribution is -0.191. The lowest BCUT2D eigenvalue weighted by Gasteiger charge is -2.42. The molecule has 0 aliphatic carbocycles. The number of aryl methyl sites for hydroxylation is 1. The van der Waals surface area contributed by atoms with Gasteiger partial charge in [-0.15, -0.1) is 0 Å². The van der Waals surface area contributed by atoms with Crippen LogP contribution in [0.2, 0.25) is 0 Å². The van der Waals surface area contributed by atoms with Crippen LogP contribution in [0.25, 0.3) is 0 Å². The molecule has 7 nitrogen and oxygen atoms in total. The Bertz CT molecular complexity index is 918. The number of ether oxygens (including phenoxy) is 3. The van der Waals surface area contributed by atoms with E-state index in [9.17, 15) is 14.7 Å². The molecule has 3 rings (SSSR count). The molecule has 1 fully saturated rings. The molecule has 178 valence electrons. The zero-order valence-electron chi connectivity index (χ0n) is 19.5. The molecule has 0 bridgehead atoms. The lowest BCUT2D eigenvalue weighted by Crippen LogP contribution is -2.57. The maximum absolute atomic E-state index is 13.2. The van der Waals surface area contributed by atoms with Crippen molar-refractivity contribution in [3.63, 3.8) is 0 Å². The molecule has 4 atom stereocenters. The van der Waals surface area contributed by atoms with Crippen molar-refractivity contribution >= 4 is 11.9 Å². The van der Waals surface area contributed by atoms with Gasteiger partial charge >= 0.3 is 11.9 Å². The molecule has 2 aromatic rings. The summed E-state index contributed by atoms with van der Waals surface area (Å²) in [4.78, 5) is 27.3. The van der Waals surface area contributed by atoms with Crippen molar-refractivity contribution in [1.82, 2.24) is 4.90 Å². The number of aliphatic carboxylic acids is 1. The van der Waals surface area contributed by atoms with Crippen LogP contribution in [0.3, 0.4) is 0 Å². The summed E-state index contributed by atoms with van der Waals surface area (Å²) in [5.41, 5.74) is 2.95. The van der Waals surface area contributed by atoms with Crippen LogP contribution in [-0.2, 0) is 37.0 Å². The Kier molecular flexibility index (Phi) is 9.00. The van der Waals surface area contributed by atoms with E-state index in [1.54, 1.807) is 6.92 Å². The number of carbonyl (C=O) groups is 2. The zero-order chi connectivity index (χ0) is 23.8. The number of benzene rings is 2. The van der Waals surface area contributed by atoms with Gasteiger partial charge in [0.15, 0.2) is 6.29 Å². The standard InChI is InChI=1S/C26H33NO6/c1-4-31-19(3)33-22-14-23(25(28)29)24(26(30)32-17-20-10-6-5-7-11-20)27(16-22)15-21-12-8-9-18(2)13-21/h5-13,19,22-24H,4,14-17H2,1-3H3,(H,28,29)/t19?,22-,23-,24-/m0/s1. The van der Waals surface area contributed by atoms with Gasteiger partial charge in [0.2, 0.25) is 0 Å². The highest BCUT2D eigenvalue weighted by molar-refractivity contribution is 5.84. The van der Waals surface area contributed by atoms with Crippen LogP contribution in [0.5, 0.6) is 0 Å². The summed E-state index contributed by atoms with van der Waals surface area (Å²) < 4.78 is 17.1. The molecule has 1 aliphatic rings. The summed E-state index contributed by atoms with van der Waals surface area (Å²) in [6.45, 7) is 7.09. The van der Waals surface area contributed by atoms with Gasteiger partial charge in [-0.25, -0.2) is 0 Å². The normalized spacial score (nSPS) is 22.0. The van der Waals surface area contributed by atoms with Crippen LogP contribution in [-0.4, -0.2) is 53.5 Å². The summed E-state index contributed by atoms with van der Waals surface area (Å²) in [6.07, 6.45) is -0.630. The summed E-state index contributed by atoms with van der Waals surface area (Å²) in [7, 11) is 0. The molecule has 0 amide bonds. The predicted molar refractivity (Wildman–Crippen MR) is 123 cm³/mol. The Morgan fingerprint density at radius 3 is 2.52 bits per heavy atom. The van der Waals surface area contributed by atoms with Gasteiger partial charge in [-0.2, -0.15) is 0 Å². The Morgan fingerprint density at radius 1 is 1.12 bits per heavy atom. The monoisotopic (exact) mass is 455 g/mol. The van der Waals surface area contributed by atoms with Gasteiger partial charge in [-0.3, -0.25) is 14.5 Å². The second-order valence-corrected chi connectivity index (χ2v) is 8.42. The molecule has 0 spiro atoms. The first-order valence-corrected chi connectivity index (χ1v) is 11.4. The molecule has 0 radical (unpaired) electrons. The van der Waals surface area contributed by atoms with Crippen LogP contribution >= 0.6 is 0 Å². The zero-order valence-corrected chi connectivity index (χ0v) is 19.5. The van der Waals surface area contributed by atoms with E-state index in [1.807, 2.05) is 73.3 Å². The van der Waals surface area contributed by atoms with E-state index in [2.05, 4.69) is 0 Å². The number of carboxylic acids is 1. The van der Waals surface area contributed by atoms with Gasteiger partial charge in [-0.1, -0.05) is 60.2 Å². The smallest absolute Gasteiger partial charge is 0.324 e. The minimum absolute atomic E-state index is 0.0993. The van der Waals surface area contributed by atoms with Gasteiger partial charge in [0.05, 0.1) is 12.0 Å². The Morgan fingerprint density at radius 2 is 1.85 bits per heavy atom. The van der Waals surface area contributed by atoms with E-state index in [0.717, 1.165) is 16.7 Å². The van der Waals surface area contributed by atoms with Crippen molar-refractivity contribution in [3.8, 4) is 0 Å². The minimum Gasteiger partial charge on any atom is -0.481 e. The number of likely N-dealkylation sites (tertiary alicyclic amines) is 1. The number of rotatable bonds is 10. The molecule has 2 aromatic carbocycles. The Hall–Kier alpha value is -2.74. The number of hydrogen-bond donors (Lipinski definition) is 1. The van der Waals surface area contributed by atoms with Crippen molar-refractivity contribution in [2.45, 2.75) is 58.8 Å². The highest BCUT2D eigenvalue weighted by Gasteiger charge is 2.45. The fraction of sp³-hybridized carbons (Fsp3) is 0.462. The summed E-state index contributed by atoms with van der Waals surface area (Å²) in [5, 5.41) is 10.0. The van der Waals surface area contributed by atoms with Gasteiger partial charge in [0.1, 0.15) is 12.6 Å². The van der Waals surface area contributed by atoms with Crippen molar-refractivity contribution < 1.29 is 28.9 Å². The lowest BCUT2D eigenvalue weighted by atomic mass is 9.87. The Balaban J connectivity index is 1.82. The quantitative estimate of drug-likeness (QED) is 0.431. The molecule has 1 unspecified atom stereocenters. The van der Waals surface area contributed by atoms with Gasteiger partial charge < -0.3 is 19.3 Å². The third-order valence-electron chi connectivity index (χ3n) is 5.77. The molecule has 0 aromatic heterocycles.